The van der Waals surface area contributed by atoms with Crippen LogP contribution in [0.15, 0.2) is 40.5 Å². The van der Waals surface area contributed by atoms with E-state index in [1.165, 1.54) is 5.56 Å². The Morgan fingerprint density at radius 1 is 1.33 bits per heavy atom. The minimum absolute atomic E-state index is 0.181. The van der Waals surface area contributed by atoms with Crippen LogP contribution in [0.2, 0.25) is 0 Å². The maximum atomic E-state index is 11.8. The lowest BCUT2D eigenvalue weighted by molar-refractivity contribution is -0.122. The molecule has 0 heterocycles. The van der Waals surface area contributed by atoms with Crippen LogP contribution in [0.5, 0.6) is 0 Å². The van der Waals surface area contributed by atoms with E-state index in [4.69, 9.17) is 0 Å². The van der Waals surface area contributed by atoms with Crippen LogP contribution >= 0.6 is 22.6 Å². The Bertz CT molecular complexity index is 352. The predicted molar refractivity (Wildman–Crippen MR) is 72.1 cm³/mol. The number of carbonyl (C=O) groups excluding carboxylic acids is 1. The predicted octanol–water partition coefficient (Wildman–Crippen LogP) is 3.77. The van der Waals surface area contributed by atoms with E-state index >= 15 is 0 Å². The fraction of sp³-hybridized carbons (Fsp3) is 0.308. The highest BCUT2D eigenvalue weighted by Crippen LogP contribution is 2.23. The average molecular weight is 314 g/mol. The van der Waals surface area contributed by atoms with E-state index in [9.17, 15) is 4.79 Å². The molecule has 0 aliphatic heterocycles. The van der Waals surface area contributed by atoms with Crippen molar-refractivity contribution in [1.29, 1.82) is 0 Å². The van der Waals surface area contributed by atoms with E-state index in [1.54, 1.807) is 10.2 Å². The maximum Gasteiger partial charge on any atom is 0.162 e. The van der Waals surface area contributed by atoms with Crippen LogP contribution < -0.4 is 0 Å². The van der Waals surface area contributed by atoms with Gasteiger partial charge in [0, 0.05) is 5.41 Å². The number of hydrogen-bond donors (Lipinski definition) is 0. The second kappa shape index (κ2) is 5.45. The molecule has 0 bridgehead atoms. The van der Waals surface area contributed by atoms with E-state index in [-0.39, 0.29) is 11.2 Å². The third-order valence-electron chi connectivity index (χ3n) is 2.37. The summed E-state index contributed by atoms with van der Waals surface area (Å²) in [7, 11) is 0. The molecule has 0 saturated carbocycles. The molecule has 80 valence electrons. The number of carbonyl (C=O) groups is 1. The Kier molecular flexibility index (Phi) is 4.51. The van der Waals surface area contributed by atoms with Crippen LogP contribution in [0.3, 0.4) is 0 Å². The first kappa shape index (κ1) is 12.4. The first-order valence-electron chi connectivity index (χ1n) is 4.91. The van der Waals surface area contributed by atoms with Gasteiger partial charge in [0.15, 0.2) is 5.78 Å². The van der Waals surface area contributed by atoms with Gasteiger partial charge in [0.05, 0.1) is 0 Å². The van der Waals surface area contributed by atoms with Gasteiger partial charge in [-0.3, -0.25) is 4.79 Å². The standard InChI is InChI=1S/C13H15IO/c1-13(2,12(15)8-9-14)10-11-6-4-3-5-7-11/h3-9H,10H2,1-2H3. The zero-order valence-electron chi connectivity index (χ0n) is 9.03. The third-order valence-corrected chi connectivity index (χ3v) is 2.73. The van der Waals surface area contributed by atoms with Gasteiger partial charge in [-0.1, -0.05) is 66.8 Å². The van der Waals surface area contributed by atoms with Crippen molar-refractivity contribution >= 4 is 28.4 Å². The van der Waals surface area contributed by atoms with Gasteiger partial charge in [-0.25, -0.2) is 0 Å². The highest BCUT2D eigenvalue weighted by atomic mass is 127. The second-order valence-electron chi connectivity index (χ2n) is 4.20. The molecule has 0 spiro atoms. The Morgan fingerprint density at radius 2 is 1.93 bits per heavy atom. The molecule has 1 rings (SSSR count). The summed E-state index contributed by atoms with van der Waals surface area (Å²) >= 11 is 2.07. The topological polar surface area (TPSA) is 17.1 Å². The summed E-state index contributed by atoms with van der Waals surface area (Å²) in [4.78, 5) is 11.8. The van der Waals surface area contributed by atoms with Crippen LogP contribution in [0.4, 0.5) is 0 Å². The fourth-order valence-corrected chi connectivity index (χ4v) is 1.80. The van der Waals surface area contributed by atoms with Crippen LogP contribution in [0, 0.1) is 5.41 Å². The van der Waals surface area contributed by atoms with E-state index in [0.29, 0.717) is 0 Å². The Labute approximate surface area is 105 Å². The number of halogens is 1. The highest BCUT2D eigenvalue weighted by molar-refractivity contribution is 14.1. The molecule has 0 unspecified atom stereocenters. The lowest BCUT2D eigenvalue weighted by Gasteiger charge is -2.21. The molecule has 0 aromatic heterocycles. The summed E-state index contributed by atoms with van der Waals surface area (Å²) in [6, 6.07) is 10.1. The van der Waals surface area contributed by atoms with Gasteiger partial charge in [0.1, 0.15) is 0 Å². The normalized spacial score (nSPS) is 11.9. The number of ketones is 1. The molecule has 0 N–H and O–H groups in total. The largest absolute Gasteiger partial charge is 0.294 e. The monoisotopic (exact) mass is 314 g/mol. The van der Waals surface area contributed by atoms with E-state index < -0.39 is 0 Å². The lowest BCUT2D eigenvalue weighted by atomic mass is 9.82. The lowest BCUT2D eigenvalue weighted by Crippen LogP contribution is -2.24. The zero-order chi connectivity index (χ0) is 11.3. The van der Waals surface area contributed by atoms with Crippen molar-refractivity contribution in [2.45, 2.75) is 20.3 Å². The average Bonchev–Trinajstić information content (AvgIpc) is 2.19. The summed E-state index contributed by atoms with van der Waals surface area (Å²) in [6.45, 7) is 3.97. The zero-order valence-corrected chi connectivity index (χ0v) is 11.2. The molecule has 0 saturated heterocycles. The van der Waals surface area contributed by atoms with E-state index in [0.717, 1.165) is 6.42 Å². The van der Waals surface area contributed by atoms with Gasteiger partial charge in [0.25, 0.3) is 0 Å². The van der Waals surface area contributed by atoms with Gasteiger partial charge >= 0.3 is 0 Å². The first-order valence-corrected chi connectivity index (χ1v) is 6.16. The van der Waals surface area contributed by atoms with Gasteiger partial charge in [0.2, 0.25) is 0 Å². The summed E-state index contributed by atoms with van der Waals surface area (Å²) < 4.78 is 1.77. The van der Waals surface area contributed by atoms with E-state index in [2.05, 4.69) is 34.7 Å². The number of rotatable bonds is 4. The fourth-order valence-electron chi connectivity index (χ4n) is 1.48. The molecular weight excluding hydrogens is 299 g/mol. The van der Waals surface area contributed by atoms with Crippen LogP contribution in [-0.2, 0) is 11.2 Å². The van der Waals surface area contributed by atoms with Gasteiger partial charge in [-0.2, -0.15) is 0 Å². The molecular formula is C13H15IO. The molecule has 0 aliphatic rings. The molecule has 2 heteroatoms. The Morgan fingerprint density at radius 3 is 2.47 bits per heavy atom. The molecule has 0 aliphatic carbocycles. The van der Waals surface area contributed by atoms with Crippen molar-refractivity contribution in [2.24, 2.45) is 5.41 Å². The minimum Gasteiger partial charge on any atom is -0.294 e. The smallest absolute Gasteiger partial charge is 0.162 e. The second-order valence-corrected chi connectivity index (χ2v) is 4.92. The minimum atomic E-state index is -0.316. The maximum absolute atomic E-state index is 11.8. The number of allylic oxidation sites excluding steroid dienone is 1. The molecule has 15 heavy (non-hydrogen) atoms. The van der Waals surface area contributed by atoms with Gasteiger partial charge in [-0.15, -0.1) is 0 Å². The summed E-state index contributed by atoms with van der Waals surface area (Å²) in [5.41, 5.74) is 0.890. The molecule has 1 aromatic rings. The highest BCUT2D eigenvalue weighted by Gasteiger charge is 2.25. The molecule has 0 fully saturated rings. The number of benzene rings is 1. The quantitative estimate of drug-likeness (QED) is 0.611. The molecule has 0 radical (unpaired) electrons. The summed E-state index contributed by atoms with van der Waals surface area (Å²) in [5, 5.41) is 0. The van der Waals surface area contributed by atoms with Crippen molar-refractivity contribution in [2.75, 3.05) is 0 Å². The molecule has 1 nitrogen and oxygen atoms in total. The van der Waals surface area contributed by atoms with Crippen LogP contribution in [-0.4, -0.2) is 5.78 Å². The van der Waals surface area contributed by atoms with Crippen molar-refractivity contribution in [3.05, 3.63) is 46.1 Å². The molecule has 0 atom stereocenters. The van der Waals surface area contributed by atoms with E-state index in [1.807, 2.05) is 32.0 Å². The van der Waals surface area contributed by atoms with Crippen molar-refractivity contribution in [1.82, 2.24) is 0 Å². The van der Waals surface area contributed by atoms with Crippen LogP contribution in [0.1, 0.15) is 19.4 Å². The summed E-state index contributed by atoms with van der Waals surface area (Å²) in [6.07, 6.45) is 2.43. The SMILES string of the molecule is CC(C)(Cc1ccccc1)C(=O)C=CI. The van der Waals surface area contributed by atoms with Crippen molar-refractivity contribution in [3.63, 3.8) is 0 Å². The molecule has 1 aromatic carbocycles. The summed E-state index contributed by atoms with van der Waals surface area (Å²) in [5.74, 6) is 0.181. The Balaban J connectivity index is 2.76. The first-order chi connectivity index (χ1) is 7.06. The van der Waals surface area contributed by atoms with Crippen molar-refractivity contribution < 1.29 is 4.79 Å². The van der Waals surface area contributed by atoms with Crippen molar-refractivity contribution in [3.8, 4) is 0 Å². The van der Waals surface area contributed by atoms with Crippen LogP contribution in [0.25, 0.3) is 0 Å². The van der Waals surface area contributed by atoms with Gasteiger partial charge in [-0.05, 0) is 22.1 Å². The van der Waals surface area contributed by atoms with Gasteiger partial charge < -0.3 is 0 Å². The third kappa shape index (κ3) is 3.78. The molecule has 0 amide bonds. The number of hydrogen-bond acceptors (Lipinski definition) is 1. The Hall–Kier alpha value is -0.640.